The summed E-state index contributed by atoms with van der Waals surface area (Å²) in [6.45, 7) is 2.06. The lowest BCUT2D eigenvalue weighted by Gasteiger charge is -2.09. The summed E-state index contributed by atoms with van der Waals surface area (Å²) >= 11 is 1.63. The topological polar surface area (TPSA) is 88.2 Å². The number of anilines is 2. The molecule has 1 amide bonds. The zero-order valence-electron chi connectivity index (χ0n) is 18.7. The Hall–Kier alpha value is -4.01. The third kappa shape index (κ3) is 5.08. The van der Waals surface area contributed by atoms with Crippen molar-refractivity contribution in [1.82, 2.24) is 4.98 Å². The van der Waals surface area contributed by atoms with Gasteiger partial charge < -0.3 is 5.32 Å². The largest absolute Gasteiger partial charge is 0.322 e. The minimum Gasteiger partial charge on any atom is -0.322 e. The fourth-order valence-electron chi connectivity index (χ4n) is 3.56. The Labute approximate surface area is 207 Å². The molecule has 0 saturated carbocycles. The molecule has 0 aliphatic carbocycles. The lowest BCUT2D eigenvalue weighted by atomic mass is 10.2. The molecular weight excluding hydrogens is 478 g/mol. The van der Waals surface area contributed by atoms with Crippen molar-refractivity contribution in [3.05, 3.63) is 108 Å². The molecule has 8 heteroatoms. The van der Waals surface area contributed by atoms with Crippen LogP contribution >= 0.6 is 11.3 Å². The molecule has 4 aromatic carbocycles. The number of aryl methyl sites for hydroxylation is 1. The molecule has 5 rings (SSSR count). The van der Waals surface area contributed by atoms with Crippen molar-refractivity contribution in [3.63, 3.8) is 0 Å². The molecule has 1 heterocycles. The minimum atomic E-state index is -3.74. The Morgan fingerprint density at radius 2 is 1.54 bits per heavy atom. The Morgan fingerprint density at radius 1 is 0.829 bits per heavy atom. The fraction of sp³-hybridized carbons (Fsp3) is 0.0370. The van der Waals surface area contributed by atoms with Gasteiger partial charge in [0.2, 0.25) is 0 Å². The highest BCUT2D eigenvalue weighted by atomic mass is 32.2. The molecule has 1 aromatic heterocycles. The number of hydrogen-bond donors (Lipinski definition) is 2. The second-order valence-electron chi connectivity index (χ2n) is 8.02. The van der Waals surface area contributed by atoms with E-state index in [0.717, 1.165) is 20.8 Å². The maximum absolute atomic E-state index is 12.7. The first-order chi connectivity index (χ1) is 16.9. The van der Waals surface area contributed by atoms with E-state index in [9.17, 15) is 13.2 Å². The summed E-state index contributed by atoms with van der Waals surface area (Å²) in [6, 6.07) is 28.1. The Morgan fingerprint density at radius 3 is 2.26 bits per heavy atom. The lowest BCUT2D eigenvalue weighted by Crippen LogP contribution is -2.14. The second-order valence-corrected chi connectivity index (χ2v) is 10.7. The highest BCUT2D eigenvalue weighted by Crippen LogP contribution is 2.31. The molecule has 2 N–H and O–H groups in total. The highest BCUT2D eigenvalue weighted by molar-refractivity contribution is 7.92. The van der Waals surface area contributed by atoms with Gasteiger partial charge in [0.15, 0.2) is 0 Å². The van der Waals surface area contributed by atoms with Crippen LogP contribution < -0.4 is 10.0 Å². The number of nitrogens with one attached hydrogen (secondary N) is 2. The summed E-state index contributed by atoms with van der Waals surface area (Å²) in [5.41, 5.74) is 4.61. The standard InChI is InChI=1S/C27H21N3O3S2/c1-18-7-16-24-25(17-18)34-27(29-24)20-8-12-21(13-9-20)28-26(31)19-10-14-23(15-11-19)35(32,33)30-22-5-3-2-4-6-22/h2-17,30H,1H3,(H,28,31). The zero-order chi connectivity index (χ0) is 24.4. The van der Waals surface area contributed by atoms with Crippen LogP contribution in [0.25, 0.3) is 20.8 Å². The van der Waals surface area contributed by atoms with E-state index in [1.807, 2.05) is 36.4 Å². The van der Waals surface area contributed by atoms with E-state index in [4.69, 9.17) is 4.98 Å². The van der Waals surface area contributed by atoms with Crippen LogP contribution in [0, 0.1) is 6.92 Å². The second kappa shape index (κ2) is 9.32. The van der Waals surface area contributed by atoms with Crippen LogP contribution in [-0.2, 0) is 10.0 Å². The molecule has 0 saturated heterocycles. The molecule has 0 atom stereocenters. The molecule has 0 aliphatic rings. The van der Waals surface area contributed by atoms with Gasteiger partial charge in [0.1, 0.15) is 5.01 Å². The van der Waals surface area contributed by atoms with Gasteiger partial charge in [-0.05, 0) is 85.3 Å². The smallest absolute Gasteiger partial charge is 0.261 e. The van der Waals surface area contributed by atoms with E-state index >= 15 is 0 Å². The number of para-hydroxylation sites is 1. The van der Waals surface area contributed by atoms with E-state index in [0.29, 0.717) is 16.9 Å². The van der Waals surface area contributed by atoms with Crippen molar-refractivity contribution < 1.29 is 13.2 Å². The molecular formula is C27H21N3O3S2. The van der Waals surface area contributed by atoms with Crippen molar-refractivity contribution in [3.8, 4) is 10.6 Å². The molecule has 5 aromatic rings. The number of benzene rings is 4. The van der Waals surface area contributed by atoms with Crippen molar-refractivity contribution >= 4 is 48.9 Å². The first-order valence-corrected chi connectivity index (χ1v) is 13.1. The molecule has 174 valence electrons. The summed E-state index contributed by atoms with van der Waals surface area (Å²) in [4.78, 5) is 17.5. The average molecular weight is 500 g/mol. The number of carbonyl (C=O) groups excluding carboxylic acids is 1. The summed E-state index contributed by atoms with van der Waals surface area (Å²) in [5, 5.41) is 3.77. The van der Waals surface area contributed by atoms with Gasteiger partial charge in [-0.2, -0.15) is 0 Å². The van der Waals surface area contributed by atoms with Crippen LogP contribution in [0.4, 0.5) is 11.4 Å². The quantitative estimate of drug-likeness (QED) is 0.286. The van der Waals surface area contributed by atoms with Crippen LogP contribution in [0.5, 0.6) is 0 Å². The third-order valence-corrected chi connectivity index (χ3v) is 7.85. The first-order valence-electron chi connectivity index (χ1n) is 10.8. The maximum atomic E-state index is 12.7. The molecule has 0 radical (unpaired) electrons. The molecule has 0 fully saturated rings. The Kier molecular flexibility index (Phi) is 6.07. The van der Waals surface area contributed by atoms with Gasteiger partial charge in [-0.25, -0.2) is 13.4 Å². The van der Waals surface area contributed by atoms with Gasteiger partial charge in [-0.15, -0.1) is 11.3 Å². The Bertz CT molecular complexity index is 1610. The van der Waals surface area contributed by atoms with Gasteiger partial charge in [0.25, 0.3) is 15.9 Å². The van der Waals surface area contributed by atoms with Crippen molar-refractivity contribution in [2.45, 2.75) is 11.8 Å². The van der Waals surface area contributed by atoms with E-state index in [2.05, 4.69) is 23.0 Å². The van der Waals surface area contributed by atoms with Gasteiger partial charge in [0.05, 0.1) is 15.1 Å². The number of thiazole rings is 1. The monoisotopic (exact) mass is 499 g/mol. The predicted octanol–water partition coefficient (Wildman–Crippen LogP) is 6.32. The average Bonchev–Trinajstić information content (AvgIpc) is 3.28. The number of amides is 1. The SMILES string of the molecule is Cc1ccc2nc(-c3ccc(NC(=O)c4ccc(S(=O)(=O)Nc5ccccc5)cc4)cc3)sc2c1. The molecule has 0 aliphatic heterocycles. The van der Waals surface area contributed by atoms with Gasteiger partial charge in [0, 0.05) is 22.5 Å². The summed E-state index contributed by atoms with van der Waals surface area (Å²) < 4.78 is 28.8. The summed E-state index contributed by atoms with van der Waals surface area (Å²) in [6.07, 6.45) is 0. The summed E-state index contributed by atoms with van der Waals surface area (Å²) in [7, 11) is -3.74. The maximum Gasteiger partial charge on any atom is 0.261 e. The van der Waals surface area contributed by atoms with Gasteiger partial charge >= 0.3 is 0 Å². The van der Waals surface area contributed by atoms with Crippen LogP contribution in [-0.4, -0.2) is 19.3 Å². The van der Waals surface area contributed by atoms with E-state index < -0.39 is 10.0 Å². The normalized spacial score (nSPS) is 11.3. The molecule has 0 spiro atoms. The van der Waals surface area contributed by atoms with Gasteiger partial charge in [-0.3, -0.25) is 9.52 Å². The molecule has 6 nitrogen and oxygen atoms in total. The molecule has 35 heavy (non-hydrogen) atoms. The number of hydrogen-bond acceptors (Lipinski definition) is 5. The first kappa shape index (κ1) is 22.8. The van der Waals surface area contributed by atoms with Gasteiger partial charge in [-0.1, -0.05) is 24.3 Å². The number of aromatic nitrogens is 1. The van der Waals surface area contributed by atoms with Crippen molar-refractivity contribution in [2.75, 3.05) is 10.0 Å². The molecule has 0 unspecified atom stereocenters. The summed E-state index contributed by atoms with van der Waals surface area (Å²) in [5.74, 6) is -0.326. The zero-order valence-corrected chi connectivity index (χ0v) is 20.4. The van der Waals surface area contributed by atoms with Crippen LogP contribution in [0.1, 0.15) is 15.9 Å². The van der Waals surface area contributed by atoms with E-state index in [1.54, 1.807) is 41.7 Å². The van der Waals surface area contributed by atoms with E-state index in [1.165, 1.54) is 29.8 Å². The van der Waals surface area contributed by atoms with Crippen LogP contribution in [0.15, 0.2) is 102 Å². The van der Waals surface area contributed by atoms with Crippen molar-refractivity contribution in [1.29, 1.82) is 0 Å². The number of rotatable bonds is 6. The lowest BCUT2D eigenvalue weighted by molar-refractivity contribution is 0.102. The molecule has 0 bridgehead atoms. The number of fused-ring (bicyclic) bond motifs is 1. The van der Waals surface area contributed by atoms with Crippen LogP contribution in [0.3, 0.4) is 0 Å². The Balaban J connectivity index is 1.27. The minimum absolute atomic E-state index is 0.0771. The number of sulfonamides is 1. The predicted molar refractivity (Wildman–Crippen MR) is 141 cm³/mol. The van der Waals surface area contributed by atoms with Crippen molar-refractivity contribution in [2.24, 2.45) is 0 Å². The third-order valence-electron chi connectivity index (χ3n) is 5.39. The van der Waals surface area contributed by atoms with Crippen LogP contribution in [0.2, 0.25) is 0 Å². The van der Waals surface area contributed by atoms with E-state index in [-0.39, 0.29) is 10.8 Å². The highest BCUT2D eigenvalue weighted by Gasteiger charge is 2.15. The number of carbonyl (C=O) groups is 1. The fourth-order valence-corrected chi connectivity index (χ4v) is 5.69. The number of nitrogens with zero attached hydrogens (tertiary/aromatic N) is 1.